The first kappa shape index (κ1) is 16.4. The molecule has 0 atom stereocenters. The Balaban J connectivity index is 1.69. The molecule has 1 aromatic heterocycles. The van der Waals surface area contributed by atoms with E-state index in [4.69, 9.17) is 34.8 Å². The van der Waals surface area contributed by atoms with Crippen molar-refractivity contribution in [2.24, 2.45) is 0 Å². The number of halogens is 3. The molecule has 4 nitrogen and oxygen atoms in total. The van der Waals surface area contributed by atoms with Gasteiger partial charge in [-0.3, -0.25) is 4.79 Å². The van der Waals surface area contributed by atoms with Crippen LogP contribution in [-0.4, -0.2) is 42.0 Å². The first-order valence-corrected chi connectivity index (χ1v) is 8.30. The fourth-order valence-corrected chi connectivity index (χ4v) is 3.08. The number of carbonyl (C=O) groups is 1. The quantitative estimate of drug-likeness (QED) is 0.750. The minimum Gasteiger partial charge on any atom is -0.368 e. The van der Waals surface area contributed by atoms with Crippen LogP contribution in [0.3, 0.4) is 0 Å². The molecule has 3 rings (SSSR count). The van der Waals surface area contributed by atoms with Gasteiger partial charge in [0.1, 0.15) is 10.8 Å². The monoisotopic (exact) mass is 369 g/mol. The SMILES string of the molecule is O=C(c1nc(Cl)ccc1Cl)N1CCN(c2cccc(Cl)c2)CC1. The van der Waals surface area contributed by atoms with Gasteiger partial charge in [0, 0.05) is 36.9 Å². The zero-order valence-corrected chi connectivity index (χ0v) is 14.4. The topological polar surface area (TPSA) is 36.4 Å². The van der Waals surface area contributed by atoms with E-state index in [0.717, 1.165) is 18.8 Å². The number of piperazine rings is 1. The van der Waals surface area contributed by atoms with E-state index < -0.39 is 0 Å². The maximum absolute atomic E-state index is 12.6. The number of pyridine rings is 1. The molecule has 120 valence electrons. The van der Waals surface area contributed by atoms with Crippen molar-refractivity contribution in [3.05, 3.63) is 57.3 Å². The number of carbonyl (C=O) groups excluding carboxylic acids is 1. The van der Waals surface area contributed by atoms with Crippen molar-refractivity contribution in [1.82, 2.24) is 9.88 Å². The molecule has 1 fully saturated rings. The molecule has 1 aromatic carbocycles. The van der Waals surface area contributed by atoms with Gasteiger partial charge in [-0.2, -0.15) is 0 Å². The van der Waals surface area contributed by atoms with Crippen molar-refractivity contribution < 1.29 is 4.79 Å². The fraction of sp³-hybridized carbons (Fsp3) is 0.250. The standard InChI is InChI=1S/C16H14Cl3N3O/c17-11-2-1-3-12(10-11)21-6-8-22(9-7-21)16(23)15-13(18)4-5-14(19)20-15/h1-5,10H,6-9H2. The average molecular weight is 371 g/mol. The van der Waals surface area contributed by atoms with Crippen LogP contribution < -0.4 is 4.90 Å². The predicted octanol–water partition coefficient (Wildman–Crippen LogP) is 4.00. The average Bonchev–Trinajstić information content (AvgIpc) is 2.56. The van der Waals surface area contributed by atoms with Gasteiger partial charge in [-0.25, -0.2) is 4.98 Å². The van der Waals surface area contributed by atoms with E-state index in [-0.39, 0.29) is 16.8 Å². The molecular formula is C16H14Cl3N3O. The second kappa shape index (κ2) is 6.95. The minimum atomic E-state index is -0.191. The Morgan fingerprint density at radius 3 is 2.43 bits per heavy atom. The lowest BCUT2D eigenvalue weighted by molar-refractivity contribution is 0.0741. The van der Waals surface area contributed by atoms with Gasteiger partial charge in [0.15, 0.2) is 0 Å². The molecule has 0 spiro atoms. The highest BCUT2D eigenvalue weighted by molar-refractivity contribution is 6.34. The molecule has 1 aliphatic rings. The van der Waals surface area contributed by atoms with Crippen molar-refractivity contribution in [3.63, 3.8) is 0 Å². The summed E-state index contributed by atoms with van der Waals surface area (Å²) >= 11 is 17.9. The lowest BCUT2D eigenvalue weighted by Gasteiger charge is -2.36. The van der Waals surface area contributed by atoms with Crippen LogP contribution in [0.25, 0.3) is 0 Å². The van der Waals surface area contributed by atoms with Crippen LogP contribution in [0.15, 0.2) is 36.4 Å². The van der Waals surface area contributed by atoms with E-state index in [2.05, 4.69) is 9.88 Å². The summed E-state index contributed by atoms with van der Waals surface area (Å²) in [5.41, 5.74) is 1.26. The normalized spacial score (nSPS) is 14.9. The van der Waals surface area contributed by atoms with Crippen LogP contribution in [-0.2, 0) is 0 Å². The van der Waals surface area contributed by atoms with Gasteiger partial charge in [0.2, 0.25) is 0 Å². The van der Waals surface area contributed by atoms with Crippen LogP contribution in [0.2, 0.25) is 15.2 Å². The Hall–Kier alpha value is -1.49. The molecule has 23 heavy (non-hydrogen) atoms. The second-order valence-corrected chi connectivity index (χ2v) is 6.45. The van der Waals surface area contributed by atoms with Crippen LogP contribution in [0, 0.1) is 0 Å². The van der Waals surface area contributed by atoms with Gasteiger partial charge in [0.05, 0.1) is 5.02 Å². The van der Waals surface area contributed by atoms with E-state index in [1.54, 1.807) is 17.0 Å². The van der Waals surface area contributed by atoms with Gasteiger partial charge in [-0.1, -0.05) is 40.9 Å². The van der Waals surface area contributed by atoms with E-state index in [0.29, 0.717) is 23.1 Å². The number of benzene rings is 1. The molecule has 2 heterocycles. The molecule has 0 aliphatic carbocycles. The van der Waals surface area contributed by atoms with E-state index in [1.807, 2.05) is 24.3 Å². The number of hydrogen-bond donors (Lipinski definition) is 0. The number of aromatic nitrogens is 1. The minimum absolute atomic E-state index is 0.191. The van der Waals surface area contributed by atoms with Gasteiger partial charge in [-0.05, 0) is 30.3 Å². The molecule has 0 bridgehead atoms. The smallest absolute Gasteiger partial charge is 0.274 e. The van der Waals surface area contributed by atoms with E-state index >= 15 is 0 Å². The second-order valence-electron chi connectivity index (χ2n) is 5.22. The summed E-state index contributed by atoms with van der Waals surface area (Å²) in [6.07, 6.45) is 0. The lowest BCUT2D eigenvalue weighted by atomic mass is 10.2. The van der Waals surface area contributed by atoms with E-state index in [1.165, 1.54) is 0 Å². The van der Waals surface area contributed by atoms with Crippen LogP contribution in [0.4, 0.5) is 5.69 Å². The molecule has 1 saturated heterocycles. The Morgan fingerprint density at radius 1 is 1.00 bits per heavy atom. The number of nitrogens with zero attached hydrogens (tertiary/aromatic N) is 3. The third-order valence-electron chi connectivity index (χ3n) is 3.75. The van der Waals surface area contributed by atoms with Gasteiger partial charge < -0.3 is 9.80 Å². The summed E-state index contributed by atoms with van der Waals surface area (Å²) in [4.78, 5) is 20.5. The highest BCUT2D eigenvalue weighted by Gasteiger charge is 2.25. The Bertz CT molecular complexity index is 730. The molecule has 1 aliphatic heterocycles. The van der Waals surface area contributed by atoms with Crippen molar-refractivity contribution >= 4 is 46.4 Å². The third-order valence-corrected chi connectivity index (χ3v) is 4.51. The maximum Gasteiger partial charge on any atom is 0.274 e. The first-order valence-electron chi connectivity index (χ1n) is 7.16. The summed E-state index contributed by atoms with van der Waals surface area (Å²) in [7, 11) is 0. The summed E-state index contributed by atoms with van der Waals surface area (Å²) in [6.45, 7) is 2.64. The molecule has 0 saturated carbocycles. The summed E-state index contributed by atoms with van der Waals surface area (Å²) in [5.74, 6) is -0.191. The molecule has 0 unspecified atom stereocenters. The molecular weight excluding hydrogens is 357 g/mol. The summed E-state index contributed by atoms with van der Waals surface area (Å²) in [5, 5.41) is 1.28. The number of rotatable bonds is 2. The maximum atomic E-state index is 12.6. The van der Waals surface area contributed by atoms with E-state index in [9.17, 15) is 4.79 Å². The largest absolute Gasteiger partial charge is 0.368 e. The molecule has 0 radical (unpaired) electrons. The predicted molar refractivity (Wildman–Crippen MR) is 93.8 cm³/mol. The molecule has 0 N–H and O–H groups in total. The number of hydrogen-bond acceptors (Lipinski definition) is 3. The summed E-state index contributed by atoms with van der Waals surface area (Å²) < 4.78 is 0. The van der Waals surface area contributed by atoms with Crippen molar-refractivity contribution in [2.45, 2.75) is 0 Å². The molecule has 2 aromatic rings. The summed E-state index contributed by atoms with van der Waals surface area (Å²) in [6, 6.07) is 10.9. The molecule has 7 heteroatoms. The van der Waals surface area contributed by atoms with Crippen LogP contribution in [0.5, 0.6) is 0 Å². The highest BCUT2D eigenvalue weighted by Crippen LogP contribution is 2.23. The number of amides is 1. The van der Waals surface area contributed by atoms with Gasteiger partial charge in [0.25, 0.3) is 5.91 Å². The van der Waals surface area contributed by atoms with Crippen molar-refractivity contribution in [1.29, 1.82) is 0 Å². The Kier molecular flexibility index (Phi) is 4.95. The lowest BCUT2D eigenvalue weighted by Crippen LogP contribution is -2.49. The Morgan fingerprint density at radius 2 is 1.74 bits per heavy atom. The zero-order chi connectivity index (χ0) is 16.4. The third kappa shape index (κ3) is 3.71. The van der Waals surface area contributed by atoms with Crippen molar-refractivity contribution in [2.75, 3.05) is 31.1 Å². The van der Waals surface area contributed by atoms with Gasteiger partial charge >= 0.3 is 0 Å². The Labute approximate surface area is 149 Å². The molecule has 1 amide bonds. The fourth-order valence-electron chi connectivity index (χ4n) is 2.56. The van der Waals surface area contributed by atoms with Gasteiger partial charge in [-0.15, -0.1) is 0 Å². The van der Waals surface area contributed by atoms with Crippen LogP contribution in [0.1, 0.15) is 10.5 Å². The first-order chi connectivity index (χ1) is 11.0. The van der Waals surface area contributed by atoms with Crippen LogP contribution >= 0.6 is 34.8 Å². The number of anilines is 1. The van der Waals surface area contributed by atoms with Crippen molar-refractivity contribution in [3.8, 4) is 0 Å². The highest BCUT2D eigenvalue weighted by atomic mass is 35.5. The zero-order valence-electron chi connectivity index (χ0n) is 12.2.